The van der Waals surface area contributed by atoms with Crippen LogP contribution in [0.3, 0.4) is 0 Å². The van der Waals surface area contributed by atoms with Crippen molar-refractivity contribution < 1.29 is 9.59 Å². The summed E-state index contributed by atoms with van der Waals surface area (Å²) in [5, 5.41) is 11.9. The zero-order chi connectivity index (χ0) is 20.5. The van der Waals surface area contributed by atoms with Gasteiger partial charge in [0.05, 0.1) is 22.5 Å². The molecule has 1 aromatic carbocycles. The van der Waals surface area contributed by atoms with Gasteiger partial charge in [0.1, 0.15) is 0 Å². The molecule has 7 nitrogen and oxygen atoms in total. The molecule has 2 aromatic rings. The lowest BCUT2D eigenvalue weighted by Crippen LogP contribution is -2.40. The Hall–Kier alpha value is -3.26. The summed E-state index contributed by atoms with van der Waals surface area (Å²) in [6.45, 7) is 5.89. The third-order valence-corrected chi connectivity index (χ3v) is 5.76. The van der Waals surface area contributed by atoms with E-state index in [-0.39, 0.29) is 12.5 Å². The number of nitrogens with zero attached hydrogens (tertiary/aromatic N) is 3. The van der Waals surface area contributed by atoms with Gasteiger partial charge in [-0.15, -0.1) is 0 Å². The fraction of sp³-hybridized carbons (Fsp3) is 0.238. The lowest BCUT2D eigenvalue weighted by Gasteiger charge is -2.29. The minimum Gasteiger partial charge on any atom is -0.342 e. The molecule has 0 bridgehead atoms. The summed E-state index contributed by atoms with van der Waals surface area (Å²) in [5.41, 5.74) is 4.86. The maximum Gasteiger partial charge on any atom is 0.272 e. The van der Waals surface area contributed by atoms with Gasteiger partial charge in [0.15, 0.2) is 10.8 Å². The average Bonchev–Trinajstić information content (AvgIpc) is 3.10. The lowest BCUT2D eigenvalue weighted by molar-refractivity contribution is -0.120. The third kappa shape index (κ3) is 3.84. The van der Waals surface area contributed by atoms with Crippen LogP contribution in [0.25, 0.3) is 10.2 Å². The summed E-state index contributed by atoms with van der Waals surface area (Å²) < 4.78 is 1.01. The largest absolute Gasteiger partial charge is 0.342 e. The zero-order valence-corrected chi connectivity index (χ0v) is 17.1. The zero-order valence-electron chi connectivity index (χ0n) is 16.3. The van der Waals surface area contributed by atoms with E-state index in [0.717, 1.165) is 45.5 Å². The number of anilines is 1. The van der Waals surface area contributed by atoms with Crippen LogP contribution in [-0.4, -0.2) is 41.1 Å². The molecule has 1 aliphatic carbocycles. The smallest absolute Gasteiger partial charge is 0.272 e. The second-order valence-electron chi connectivity index (χ2n) is 6.97. The number of hydrogen-bond acceptors (Lipinski definition) is 6. The molecule has 0 radical (unpaired) electrons. The van der Waals surface area contributed by atoms with Gasteiger partial charge in [-0.3, -0.25) is 14.6 Å². The van der Waals surface area contributed by atoms with Crippen molar-refractivity contribution in [1.29, 1.82) is 0 Å². The number of aromatic nitrogens is 1. The number of likely N-dealkylation sites (N-methyl/N-ethyl adjacent to an activating group) is 1. The number of fused-ring (bicyclic) bond motifs is 1. The molecular weight excluding hydrogens is 386 g/mol. The Morgan fingerprint density at radius 2 is 2.17 bits per heavy atom. The normalized spacial score (nSPS) is 16.0. The van der Waals surface area contributed by atoms with Crippen molar-refractivity contribution in [3.05, 3.63) is 59.3 Å². The number of carbonyl (C=O) groups excluding carboxylic acids is 2. The van der Waals surface area contributed by atoms with Gasteiger partial charge in [0.25, 0.3) is 5.91 Å². The van der Waals surface area contributed by atoms with Crippen LogP contribution in [0.2, 0.25) is 0 Å². The summed E-state index contributed by atoms with van der Waals surface area (Å²) >= 11 is 1.41. The quantitative estimate of drug-likeness (QED) is 0.815. The van der Waals surface area contributed by atoms with E-state index in [1.54, 1.807) is 12.1 Å². The second-order valence-corrected chi connectivity index (χ2v) is 8.00. The van der Waals surface area contributed by atoms with Gasteiger partial charge in [-0.05, 0) is 43.0 Å². The Balaban J connectivity index is 1.41. The maximum atomic E-state index is 12.7. The molecule has 2 amide bonds. The number of carbonyl (C=O) groups is 2. The van der Waals surface area contributed by atoms with Gasteiger partial charge in [-0.25, -0.2) is 4.98 Å². The predicted molar refractivity (Wildman–Crippen MR) is 116 cm³/mol. The molecule has 2 N–H and O–H groups in total. The Morgan fingerprint density at radius 3 is 3.00 bits per heavy atom. The number of nitrogens with one attached hydrogen (secondary N) is 2. The summed E-state index contributed by atoms with van der Waals surface area (Å²) in [6.07, 6.45) is 5.64. The van der Waals surface area contributed by atoms with E-state index < -0.39 is 5.91 Å². The highest BCUT2D eigenvalue weighted by Gasteiger charge is 2.27. The monoisotopic (exact) mass is 407 g/mol. The first-order chi connectivity index (χ1) is 13.9. The van der Waals surface area contributed by atoms with E-state index in [4.69, 9.17) is 0 Å². The van der Waals surface area contributed by atoms with Crippen molar-refractivity contribution in [2.24, 2.45) is 5.10 Å². The molecule has 0 unspecified atom stereocenters. The highest BCUT2D eigenvalue weighted by atomic mass is 32.1. The molecular formula is C21H21N5O2S. The standard InChI is InChI=1S/C21H21N5O2S/c1-12-8-9-16-17(10-12)29-21(23-16)24-18(27)11-22-20(28)19-15-7-5-4-6-14(15)13(2)26(3)25-19/h5,7-10H,2,4,6,11H2,1,3H3,(H,22,28)(H,23,24,27). The lowest BCUT2D eigenvalue weighted by atomic mass is 9.91. The summed E-state index contributed by atoms with van der Waals surface area (Å²) in [7, 11) is 1.76. The van der Waals surface area contributed by atoms with Crippen molar-refractivity contribution in [2.75, 3.05) is 18.9 Å². The van der Waals surface area contributed by atoms with Crippen LogP contribution in [0.15, 0.2) is 58.9 Å². The number of rotatable bonds is 4. The molecule has 0 saturated carbocycles. The number of amides is 2. The molecule has 1 aromatic heterocycles. The first-order valence-electron chi connectivity index (χ1n) is 9.29. The van der Waals surface area contributed by atoms with Gasteiger partial charge in [0.2, 0.25) is 5.91 Å². The molecule has 0 saturated heterocycles. The van der Waals surface area contributed by atoms with Crippen LogP contribution in [-0.2, 0) is 9.59 Å². The van der Waals surface area contributed by atoms with Gasteiger partial charge < -0.3 is 10.6 Å². The van der Waals surface area contributed by atoms with Gasteiger partial charge in [0, 0.05) is 12.6 Å². The molecule has 0 fully saturated rings. The van der Waals surface area contributed by atoms with Crippen LogP contribution < -0.4 is 10.6 Å². The molecule has 4 rings (SSSR count). The Morgan fingerprint density at radius 1 is 1.34 bits per heavy atom. The molecule has 0 atom stereocenters. The molecule has 29 heavy (non-hydrogen) atoms. The van der Waals surface area contributed by atoms with Crippen molar-refractivity contribution in [1.82, 2.24) is 15.3 Å². The van der Waals surface area contributed by atoms with Crippen molar-refractivity contribution in [3.63, 3.8) is 0 Å². The first kappa shape index (κ1) is 19.1. The molecule has 148 valence electrons. The number of hydrogen-bond donors (Lipinski definition) is 2. The van der Waals surface area contributed by atoms with Crippen molar-refractivity contribution >= 4 is 44.2 Å². The first-order valence-corrected chi connectivity index (χ1v) is 10.1. The van der Waals surface area contributed by atoms with Crippen LogP contribution in [0.5, 0.6) is 0 Å². The summed E-state index contributed by atoms with van der Waals surface area (Å²) in [5.74, 6) is -0.727. The molecule has 2 aliphatic rings. The fourth-order valence-corrected chi connectivity index (χ4v) is 4.29. The number of allylic oxidation sites excluding steroid dienone is 3. The number of hydrazone groups is 1. The average molecular weight is 407 g/mol. The third-order valence-electron chi connectivity index (χ3n) is 4.83. The molecule has 1 aliphatic heterocycles. The van der Waals surface area contributed by atoms with Gasteiger partial charge in [-0.2, -0.15) is 5.10 Å². The van der Waals surface area contributed by atoms with Crippen molar-refractivity contribution in [2.45, 2.75) is 19.8 Å². The van der Waals surface area contributed by atoms with Crippen LogP contribution in [0.1, 0.15) is 18.4 Å². The van der Waals surface area contributed by atoms with E-state index in [1.807, 2.05) is 37.3 Å². The van der Waals surface area contributed by atoms with Crippen LogP contribution >= 0.6 is 11.3 Å². The Labute approximate surface area is 172 Å². The second kappa shape index (κ2) is 7.63. The highest BCUT2D eigenvalue weighted by molar-refractivity contribution is 7.22. The number of aryl methyl sites for hydroxylation is 1. The van der Waals surface area contributed by atoms with Crippen molar-refractivity contribution in [3.8, 4) is 0 Å². The van der Waals surface area contributed by atoms with Crippen LogP contribution in [0, 0.1) is 6.92 Å². The molecule has 0 spiro atoms. The van der Waals surface area contributed by atoms with E-state index in [2.05, 4.69) is 27.3 Å². The minimum absolute atomic E-state index is 0.163. The molecule has 8 heteroatoms. The minimum atomic E-state index is -0.390. The van der Waals surface area contributed by atoms with Gasteiger partial charge >= 0.3 is 0 Å². The summed E-state index contributed by atoms with van der Waals surface area (Å²) in [6, 6.07) is 5.93. The molecule has 2 heterocycles. The van der Waals surface area contributed by atoms with Gasteiger partial charge in [-0.1, -0.05) is 36.1 Å². The van der Waals surface area contributed by atoms with E-state index in [9.17, 15) is 9.59 Å². The number of thiazole rings is 1. The van der Waals surface area contributed by atoms with E-state index in [1.165, 1.54) is 11.3 Å². The fourth-order valence-electron chi connectivity index (χ4n) is 3.31. The summed E-state index contributed by atoms with van der Waals surface area (Å²) in [4.78, 5) is 29.4. The SMILES string of the molecule is C=C1C2=C(C=CCC2)C(C(=O)NCC(=O)Nc2nc3ccc(C)cc3s2)=NN1C. The van der Waals surface area contributed by atoms with E-state index >= 15 is 0 Å². The Kier molecular flexibility index (Phi) is 5.02. The van der Waals surface area contributed by atoms with E-state index in [0.29, 0.717) is 10.8 Å². The number of benzene rings is 1. The Bertz CT molecular complexity index is 1130. The van der Waals surface area contributed by atoms with Crippen LogP contribution in [0.4, 0.5) is 5.13 Å². The highest BCUT2D eigenvalue weighted by Crippen LogP contribution is 2.31. The maximum absolute atomic E-state index is 12.7. The predicted octanol–water partition coefficient (Wildman–Crippen LogP) is 3.12. The topological polar surface area (TPSA) is 86.7 Å².